The summed E-state index contributed by atoms with van der Waals surface area (Å²) in [6.07, 6.45) is 6.19. The number of aromatic nitrogens is 1. The Hall–Kier alpha value is -2.30. The molecule has 0 saturated heterocycles. The van der Waals surface area contributed by atoms with Gasteiger partial charge in [0.1, 0.15) is 11.7 Å². The van der Waals surface area contributed by atoms with Gasteiger partial charge in [-0.15, -0.1) is 0 Å². The molecular weight excluding hydrogens is 292 g/mol. The molecule has 5 heteroatoms. The number of nitrogens with one attached hydrogen (secondary N) is 2. The number of carbonyl (C=O) groups is 2. The maximum Gasteiger partial charge on any atom is 0.326 e. The summed E-state index contributed by atoms with van der Waals surface area (Å²) in [7, 11) is 0. The lowest BCUT2D eigenvalue weighted by Gasteiger charge is -2.24. The largest absolute Gasteiger partial charge is 0.480 e. The van der Waals surface area contributed by atoms with Crippen molar-refractivity contribution in [2.75, 3.05) is 0 Å². The molecule has 122 valence electrons. The van der Waals surface area contributed by atoms with Crippen molar-refractivity contribution < 1.29 is 14.7 Å². The predicted molar refractivity (Wildman–Crippen MR) is 88.4 cm³/mol. The number of aromatic amines is 1. The number of benzene rings is 1. The van der Waals surface area contributed by atoms with Gasteiger partial charge in [-0.3, -0.25) is 4.79 Å². The van der Waals surface area contributed by atoms with Gasteiger partial charge in [0, 0.05) is 10.9 Å². The molecule has 1 heterocycles. The lowest BCUT2D eigenvalue weighted by Crippen LogP contribution is -2.42. The van der Waals surface area contributed by atoms with Gasteiger partial charge in [0.05, 0.1) is 0 Å². The molecule has 1 aromatic heterocycles. The molecule has 2 aromatic rings. The minimum absolute atomic E-state index is 0.357. The Morgan fingerprint density at radius 2 is 1.96 bits per heavy atom. The molecule has 0 radical (unpaired) electrons. The molecule has 23 heavy (non-hydrogen) atoms. The third kappa shape index (κ3) is 3.73. The molecule has 0 spiro atoms. The van der Waals surface area contributed by atoms with Crippen LogP contribution < -0.4 is 5.32 Å². The molecular formula is C18H22N2O3. The number of carboxylic acids is 1. The summed E-state index contributed by atoms with van der Waals surface area (Å²) in [4.78, 5) is 26.9. The Labute approximate surface area is 135 Å². The minimum atomic E-state index is -0.958. The molecule has 0 aliphatic heterocycles. The normalized spacial score (nSPS) is 17.0. The van der Waals surface area contributed by atoms with Crippen LogP contribution in [0.3, 0.4) is 0 Å². The standard InChI is InChI=1S/C18H22N2O3/c21-17(15-11-13-8-4-5-9-14(13)19-15)20-16(18(22)23)10-12-6-2-1-3-7-12/h4-5,8-9,11-12,16,19H,1-3,6-7,10H2,(H,20,21)(H,22,23). The van der Waals surface area contributed by atoms with E-state index in [1.54, 1.807) is 6.07 Å². The van der Waals surface area contributed by atoms with Crippen LogP contribution >= 0.6 is 0 Å². The van der Waals surface area contributed by atoms with Gasteiger partial charge in [0.15, 0.2) is 0 Å². The zero-order valence-corrected chi connectivity index (χ0v) is 13.0. The van der Waals surface area contributed by atoms with E-state index in [0.717, 1.165) is 36.6 Å². The Morgan fingerprint density at radius 1 is 1.22 bits per heavy atom. The first-order chi connectivity index (χ1) is 11.1. The average molecular weight is 314 g/mol. The topological polar surface area (TPSA) is 82.2 Å². The van der Waals surface area contributed by atoms with E-state index in [2.05, 4.69) is 10.3 Å². The monoisotopic (exact) mass is 314 g/mol. The minimum Gasteiger partial charge on any atom is -0.480 e. The van der Waals surface area contributed by atoms with Crippen molar-refractivity contribution in [3.05, 3.63) is 36.0 Å². The first-order valence-corrected chi connectivity index (χ1v) is 8.25. The fraction of sp³-hybridized carbons (Fsp3) is 0.444. The fourth-order valence-corrected chi connectivity index (χ4v) is 3.41. The zero-order chi connectivity index (χ0) is 16.2. The summed E-state index contributed by atoms with van der Waals surface area (Å²) in [6.45, 7) is 0. The maximum atomic E-state index is 12.4. The molecule has 1 aromatic carbocycles. The Kier molecular flexibility index (Phi) is 4.65. The second-order valence-electron chi connectivity index (χ2n) is 6.37. The highest BCUT2D eigenvalue weighted by molar-refractivity contribution is 5.99. The van der Waals surface area contributed by atoms with Gasteiger partial charge in [-0.25, -0.2) is 4.79 Å². The Bertz CT molecular complexity index is 668. The quantitative estimate of drug-likeness (QED) is 0.791. The van der Waals surface area contributed by atoms with E-state index in [1.165, 1.54) is 6.42 Å². The SMILES string of the molecule is O=C(NC(CC1CCCCC1)C(=O)O)c1cc2ccccc2[nH]1. The van der Waals surface area contributed by atoms with Crippen molar-refractivity contribution in [1.29, 1.82) is 0 Å². The number of hydrogen-bond donors (Lipinski definition) is 3. The van der Waals surface area contributed by atoms with Gasteiger partial charge in [0.25, 0.3) is 5.91 Å². The average Bonchev–Trinajstić information content (AvgIpc) is 2.99. The lowest BCUT2D eigenvalue weighted by atomic mass is 9.85. The van der Waals surface area contributed by atoms with Crippen LogP contribution in [0.2, 0.25) is 0 Å². The Balaban J connectivity index is 1.68. The molecule has 1 aliphatic rings. The molecule has 1 fully saturated rings. The molecule has 1 aliphatic carbocycles. The number of H-pyrrole nitrogens is 1. The highest BCUT2D eigenvalue weighted by Crippen LogP contribution is 2.27. The van der Waals surface area contributed by atoms with E-state index < -0.39 is 12.0 Å². The Morgan fingerprint density at radius 3 is 2.65 bits per heavy atom. The lowest BCUT2D eigenvalue weighted by molar-refractivity contribution is -0.139. The van der Waals surface area contributed by atoms with Crippen molar-refractivity contribution >= 4 is 22.8 Å². The van der Waals surface area contributed by atoms with Crippen molar-refractivity contribution in [1.82, 2.24) is 10.3 Å². The van der Waals surface area contributed by atoms with Gasteiger partial charge >= 0.3 is 5.97 Å². The molecule has 1 atom stereocenters. The van der Waals surface area contributed by atoms with Crippen LogP contribution in [-0.4, -0.2) is 28.0 Å². The molecule has 3 N–H and O–H groups in total. The maximum absolute atomic E-state index is 12.4. The summed E-state index contributed by atoms with van der Waals surface area (Å²) in [5.41, 5.74) is 1.28. The predicted octanol–water partition coefficient (Wildman–Crippen LogP) is 3.32. The van der Waals surface area contributed by atoms with Crippen LogP contribution in [0.25, 0.3) is 10.9 Å². The second kappa shape index (κ2) is 6.86. The van der Waals surface area contributed by atoms with Crippen LogP contribution in [0.4, 0.5) is 0 Å². The number of carboxylic acid groups (broad SMARTS) is 1. The smallest absolute Gasteiger partial charge is 0.326 e. The summed E-state index contributed by atoms with van der Waals surface area (Å²) in [6, 6.07) is 8.54. The highest BCUT2D eigenvalue weighted by atomic mass is 16.4. The van der Waals surface area contributed by atoms with Crippen LogP contribution in [0.5, 0.6) is 0 Å². The fourth-order valence-electron chi connectivity index (χ4n) is 3.41. The van der Waals surface area contributed by atoms with E-state index >= 15 is 0 Å². The third-order valence-electron chi connectivity index (χ3n) is 4.67. The number of carbonyl (C=O) groups excluding carboxylic acids is 1. The first kappa shape index (κ1) is 15.6. The van der Waals surface area contributed by atoms with Crippen molar-refractivity contribution in [3.63, 3.8) is 0 Å². The van der Waals surface area contributed by atoms with E-state index in [1.807, 2.05) is 24.3 Å². The van der Waals surface area contributed by atoms with Crippen molar-refractivity contribution in [3.8, 4) is 0 Å². The van der Waals surface area contributed by atoms with Gasteiger partial charge < -0.3 is 15.4 Å². The zero-order valence-electron chi connectivity index (χ0n) is 13.0. The van der Waals surface area contributed by atoms with Crippen LogP contribution in [0.15, 0.2) is 30.3 Å². The van der Waals surface area contributed by atoms with Crippen molar-refractivity contribution in [2.24, 2.45) is 5.92 Å². The van der Waals surface area contributed by atoms with E-state index in [0.29, 0.717) is 18.0 Å². The number of para-hydroxylation sites is 1. The number of fused-ring (bicyclic) bond motifs is 1. The van der Waals surface area contributed by atoms with Crippen LogP contribution in [0.1, 0.15) is 49.0 Å². The van der Waals surface area contributed by atoms with Crippen LogP contribution in [-0.2, 0) is 4.79 Å². The summed E-state index contributed by atoms with van der Waals surface area (Å²) < 4.78 is 0. The first-order valence-electron chi connectivity index (χ1n) is 8.25. The highest BCUT2D eigenvalue weighted by Gasteiger charge is 2.26. The third-order valence-corrected chi connectivity index (χ3v) is 4.67. The van der Waals surface area contributed by atoms with E-state index in [9.17, 15) is 14.7 Å². The van der Waals surface area contributed by atoms with E-state index in [4.69, 9.17) is 0 Å². The number of amides is 1. The molecule has 0 bridgehead atoms. The van der Waals surface area contributed by atoms with Gasteiger partial charge in [-0.2, -0.15) is 0 Å². The van der Waals surface area contributed by atoms with Crippen LogP contribution in [0, 0.1) is 5.92 Å². The second-order valence-corrected chi connectivity index (χ2v) is 6.37. The molecule has 5 nitrogen and oxygen atoms in total. The molecule has 1 unspecified atom stereocenters. The van der Waals surface area contributed by atoms with Crippen molar-refractivity contribution in [2.45, 2.75) is 44.6 Å². The number of aliphatic carboxylic acids is 1. The van der Waals surface area contributed by atoms with Gasteiger partial charge in [-0.1, -0.05) is 50.3 Å². The summed E-state index contributed by atoms with van der Waals surface area (Å²) >= 11 is 0. The molecule has 3 rings (SSSR count). The van der Waals surface area contributed by atoms with E-state index in [-0.39, 0.29) is 5.91 Å². The summed E-state index contributed by atoms with van der Waals surface area (Å²) in [5, 5.41) is 13.0. The number of rotatable bonds is 5. The van der Waals surface area contributed by atoms with Gasteiger partial charge in [0.2, 0.25) is 0 Å². The molecule has 1 amide bonds. The van der Waals surface area contributed by atoms with Gasteiger partial charge in [-0.05, 0) is 24.5 Å². The number of hydrogen-bond acceptors (Lipinski definition) is 2. The molecule has 1 saturated carbocycles. The summed E-state index contributed by atoms with van der Waals surface area (Å²) in [5.74, 6) is -0.919.